The van der Waals surface area contributed by atoms with Crippen LogP contribution in [0.1, 0.15) is 39.4 Å². The van der Waals surface area contributed by atoms with Crippen molar-refractivity contribution < 1.29 is 19.4 Å². The summed E-state index contributed by atoms with van der Waals surface area (Å²) >= 11 is 1.17. The van der Waals surface area contributed by atoms with Gasteiger partial charge in [-0.3, -0.25) is 4.79 Å². The summed E-state index contributed by atoms with van der Waals surface area (Å²) in [4.78, 5) is 24.0. The van der Waals surface area contributed by atoms with Gasteiger partial charge in [0.1, 0.15) is 10.6 Å². The standard InChI is InChI=1S/C17H19NO4S/c1-11(13-5-3-4-6-14(13)22-2)9-16(19)18-10-12-7-8-15(23-12)17(20)21/h3-8,11H,9-10H2,1-2H3,(H,18,19)(H,20,21). The van der Waals surface area contributed by atoms with Gasteiger partial charge in [-0.15, -0.1) is 11.3 Å². The second kappa shape index (κ2) is 7.78. The van der Waals surface area contributed by atoms with Crippen molar-refractivity contribution in [2.24, 2.45) is 0 Å². The van der Waals surface area contributed by atoms with Crippen molar-refractivity contribution in [1.29, 1.82) is 0 Å². The first-order valence-electron chi connectivity index (χ1n) is 7.23. The molecule has 2 aromatic rings. The van der Waals surface area contributed by atoms with E-state index in [0.717, 1.165) is 16.2 Å². The summed E-state index contributed by atoms with van der Waals surface area (Å²) in [7, 11) is 1.61. The van der Waals surface area contributed by atoms with E-state index in [2.05, 4.69) is 5.32 Å². The largest absolute Gasteiger partial charge is 0.496 e. The van der Waals surface area contributed by atoms with E-state index in [1.807, 2.05) is 31.2 Å². The van der Waals surface area contributed by atoms with Crippen LogP contribution in [0.15, 0.2) is 36.4 Å². The van der Waals surface area contributed by atoms with Crippen molar-refractivity contribution >= 4 is 23.2 Å². The number of aromatic carboxylic acids is 1. The Hall–Kier alpha value is -2.34. The number of carboxylic acids is 1. The highest BCUT2D eigenvalue weighted by molar-refractivity contribution is 7.13. The van der Waals surface area contributed by atoms with Gasteiger partial charge in [0.05, 0.1) is 13.7 Å². The normalized spacial score (nSPS) is 11.7. The van der Waals surface area contributed by atoms with Crippen molar-refractivity contribution in [2.45, 2.75) is 25.8 Å². The summed E-state index contributed by atoms with van der Waals surface area (Å²) in [6.07, 6.45) is 0.345. The van der Waals surface area contributed by atoms with E-state index in [4.69, 9.17) is 9.84 Å². The number of nitrogens with one attached hydrogen (secondary N) is 1. The van der Waals surface area contributed by atoms with Gasteiger partial charge in [0, 0.05) is 11.3 Å². The molecule has 1 unspecified atom stereocenters. The summed E-state index contributed by atoms with van der Waals surface area (Å²) in [6.45, 7) is 2.32. The van der Waals surface area contributed by atoms with Crippen molar-refractivity contribution in [2.75, 3.05) is 7.11 Å². The van der Waals surface area contributed by atoms with Gasteiger partial charge in [0.25, 0.3) is 0 Å². The van der Waals surface area contributed by atoms with Crippen molar-refractivity contribution in [1.82, 2.24) is 5.32 Å². The molecular formula is C17H19NO4S. The molecule has 1 atom stereocenters. The number of carbonyl (C=O) groups excluding carboxylic acids is 1. The number of benzene rings is 1. The summed E-state index contributed by atoms with van der Waals surface area (Å²) in [5.74, 6) is -0.215. The van der Waals surface area contributed by atoms with Crippen LogP contribution < -0.4 is 10.1 Å². The zero-order chi connectivity index (χ0) is 16.8. The van der Waals surface area contributed by atoms with Crippen LogP contribution >= 0.6 is 11.3 Å². The van der Waals surface area contributed by atoms with Crippen LogP contribution in [0.3, 0.4) is 0 Å². The van der Waals surface area contributed by atoms with Crippen LogP contribution in [0.25, 0.3) is 0 Å². The lowest BCUT2D eigenvalue weighted by atomic mass is 9.96. The molecule has 6 heteroatoms. The van der Waals surface area contributed by atoms with E-state index < -0.39 is 5.97 Å². The minimum atomic E-state index is -0.947. The van der Waals surface area contributed by atoms with E-state index in [9.17, 15) is 9.59 Å². The van der Waals surface area contributed by atoms with E-state index in [1.165, 1.54) is 11.3 Å². The summed E-state index contributed by atoms with van der Waals surface area (Å²) in [6, 6.07) is 10.9. The predicted molar refractivity (Wildman–Crippen MR) is 89.2 cm³/mol. The Labute approximate surface area is 138 Å². The number of thiophene rings is 1. The Bertz CT molecular complexity index is 695. The average molecular weight is 333 g/mol. The first-order valence-corrected chi connectivity index (χ1v) is 8.04. The Morgan fingerprint density at radius 1 is 1.26 bits per heavy atom. The molecule has 2 N–H and O–H groups in total. The number of carboxylic acid groups (broad SMARTS) is 1. The third kappa shape index (κ3) is 4.56. The molecule has 0 aliphatic carbocycles. The van der Waals surface area contributed by atoms with Crippen molar-refractivity contribution in [3.8, 4) is 5.75 Å². The molecule has 1 amide bonds. The topological polar surface area (TPSA) is 75.6 Å². The molecule has 0 radical (unpaired) electrons. The van der Waals surface area contributed by atoms with Gasteiger partial charge in [-0.25, -0.2) is 4.79 Å². The second-order valence-electron chi connectivity index (χ2n) is 5.19. The van der Waals surface area contributed by atoms with Crippen LogP contribution in [0.4, 0.5) is 0 Å². The van der Waals surface area contributed by atoms with Crippen LogP contribution in [-0.2, 0) is 11.3 Å². The molecule has 0 spiro atoms. The van der Waals surface area contributed by atoms with Gasteiger partial charge in [0.15, 0.2) is 0 Å². The molecule has 1 aromatic heterocycles. The Morgan fingerprint density at radius 3 is 2.65 bits per heavy atom. The number of amides is 1. The van der Waals surface area contributed by atoms with Crippen LogP contribution in [-0.4, -0.2) is 24.1 Å². The zero-order valence-electron chi connectivity index (χ0n) is 13.0. The fourth-order valence-electron chi connectivity index (χ4n) is 2.31. The molecule has 0 saturated heterocycles. The first kappa shape index (κ1) is 17.0. The molecule has 23 heavy (non-hydrogen) atoms. The summed E-state index contributed by atoms with van der Waals surface area (Å²) in [5.41, 5.74) is 0.995. The summed E-state index contributed by atoms with van der Waals surface area (Å²) < 4.78 is 5.32. The minimum Gasteiger partial charge on any atom is -0.496 e. The molecule has 0 bridgehead atoms. The first-order chi connectivity index (χ1) is 11.0. The Balaban J connectivity index is 1.90. The van der Waals surface area contributed by atoms with Crippen LogP contribution in [0, 0.1) is 0 Å². The van der Waals surface area contributed by atoms with Gasteiger partial charge in [-0.1, -0.05) is 25.1 Å². The molecule has 0 saturated carbocycles. The maximum atomic E-state index is 12.1. The number of hydrogen-bond donors (Lipinski definition) is 2. The lowest BCUT2D eigenvalue weighted by Gasteiger charge is -2.15. The maximum absolute atomic E-state index is 12.1. The molecule has 1 aromatic carbocycles. The highest BCUT2D eigenvalue weighted by Crippen LogP contribution is 2.28. The molecule has 122 valence electrons. The number of hydrogen-bond acceptors (Lipinski definition) is 4. The number of rotatable bonds is 7. The molecule has 0 fully saturated rings. The van der Waals surface area contributed by atoms with Gasteiger partial charge >= 0.3 is 5.97 Å². The molecule has 0 aliphatic heterocycles. The third-order valence-corrected chi connectivity index (χ3v) is 4.57. The van der Waals surface area contributed by atoms with Crippen molar-refractivity contribution in [3.05, 3.63) is 51.7 Å². The molecule has 2 rings (SSSR count). The summed E-state index contributed by atoms with van der Waals surface area (Å²) in [5, 5.41) is 11.7. The van der Waals surface area contributed by atoms with Crippen LogP contribution in [0.5, 0.6) is 5.75 Å². The molecule has 0 aliphatic rings. The van der Waals surface area contributed by atoms with Gasteiger partial charge in [-0.2, -0.15) is 0 Å². The molecular weight excluding hydrogens is 314 g/mol. The fraction of sp³-hybridized carbons (Fsp3) is 0.294. The zero-order valence-corrected chi connectivity index (χ0v) is 13.9. The van der Waals surface area contributed by atoms with Gasteiger partial charge in [0.2, 0.25) is 5.91 Å². The van der Waals surface area contributed by atoms with Gasteiger partial charge in [-0.05, 0) is 29.7 Å². The smallest absolute Gasteiger partial charge is 0.345 e. The quantitative estimate of drug-likeness (QED) is 0.815. The van der Waals surface area contributed by atoms with Crippen molar-refractivity contribution in [3.63, 3.8) is 0 Å². The lowest BCUT2D eigenvalue weighted by Crippen LogP contribution is -2.23. The van der Waals surface area contributed by atoms with E-state index in [1.54, 1.807) is 19.2 Å². The maximum Gasteiger partial charge on any atom is 0.345 e. The van der Waals surface area contributed by atoms with Crippen LogP contribution in [0.2, 0.25) is 0 Å². The lowest BCUT2D eigenvalue weighted by molar-refractivity contribution is -0.121. The number of ether oxygens (including phenoxy) is 1. The number of methoxy groups -OCH3 is 1. The highest BCUT2D eigenvalue weighted by atomic mass is 32.1. The number of carbonyl (C=O) groups is 2. The highest BCUT2D eigenvalue weighted by Gasteiger charge is 2.15. The van der Waals surface area contributed by atoms with E-state index in [0.29, 0.717) is 13.0 Å². The van der Waals surface area contributed by atoms with E-state index >= 15 is 0 Å². The minimum absolute atomic E-state index is 0.0315. The fourth-order valence-corrected chi connectivity index (χ4v) is 3.09. The third-order valence-electron chi connectivity index (χ3n) is 3.49. The monoisotopic (exact) mass is 333 g/mol. The number of para-hydroxylation sites is 1. The SMILES string of the molecule is COc1ccccc1C(C)CC(=O)NCc1ccc(C(=O)O)s1. The average Bonchev–Trinajstić information content (AvgIpc) is 3.02. The van der Waals surface area contributed by atoms with E-state index in [-0.39, 0.29) is 16.7 Å². The Kier molecular flexibility index (Phi) is 5.76. The van der Waals surface area contributed by atoms with Gasteiger partial charge < -0.3 is 15.2 Å². The Morgan fingerprint density at radius 2 is 2.00 bits per heavy atom. The molecule has 1 heterocycles. The predicted octanol–water partition coefficient (Wildman–Crippen LogP) is 3.26. The second-order valence-corrected chi connectivity index (χ2v) is 6.36. The molecule has 5 nitrogen and oxygen atoms in total.